The zero-order valence-corrected chi connectivity index (χ0v) is 13.2. The Labute approximate surface area is 123 Å². The molecule has 1 saturated heterocycles. The normalized spacial score (nSPS) is 19.9. The number of hydrogen-bond acceptors (Lipinski definition) is 2. The van der Waals surface area contributed by atoms with Crippen molar-refractivity contribution >= 4 is 0 Å². The van der Waals surface area contributed by atoms with Crippen molar-refractivity contribution in [3.05, 3.63) is 29.8 Å². The summed E-state index contributed by atoms with van der Waals surface area (Å²) in [6.07, 6.45) is 6.25. The first-order valence-corrected chi connectivity index (χ1v) is 8.08. The molecule has 1 atom stereocenters. The van der Waals surface area contributed by atoms with Crippen molar-refractivity contribution in [1.29, 1.82) is 0 Å². The van der Waals surface area contributed by atoms with Crippen LogP contribution >= 0.6 is 0 Å². The second-order valence-electron chi connectivity index (χ2n) is 6.55. The fourth-order valence-electron chi connectivity index (χ4n) is 2.70. The van der Waals surface area contributed by atoms with Crippen LogP contribution in [0.5, 0.6) is 5.75 Å². The summed E-state index contributed by atoms with van der Waals surface area (Å²) in [6, 6.07) is 9.29. The lowest BCUT2D eigenvalue weighted by Crippen LogP contribution is -2.35. The third-order valence-electron chi connectivity index (χ3n) is 4.67. The molecule has 0 saturated carbocycles. The van der Waals surface area contributed by atoms with E-state index >= 15 is 0 Å². The van der Waals surface area contributed by atoms with Crippen LogP contribution < -0.4 is 10.1 Å². The van der Waals surface area contributed by atoms with Gasteiger partial charge in [0.15, 0.2) is 0 Å². The fraction of sp³-hybridized carbons (Fsp3) is 0.667. The minimum atomic E-state index is 0.255. The molecule has 0 aromatic heterocycles. The monoisotopic (exact) mass is 275 g/mol. The second-order valence-corrected chi connectivity index (χ2v) is 6.55. The molecule has 0 spiro atoms. The number of piperidine rings is 1. The van der Waals surface area contributed by atoms with Crippen LogP contribution in [0.2, 0.25) is 0 Å². The SMILES string of the molecule is CCC(C)(C)c1ccc(OCC[C@H]2CCCCN2)cc1. The van der Waals surface area contributed by atoms with Gasteiger partial charge in [-0.2, -0.15) is 0 Å². The Morgan fingerprint density at radius 3 is 2.55 bits per heavy atom. The zero-order chi connectivity index (χ0) is 14.4. The number of rotatable bonds is 6. The third-order valence-corrected chi connectivity index (χ3v) is 4.67. The molecule has 0 amide bonds. The molecule has 1 aliphatic rings. The van der Waals surface area contributed by atoms with Crippen LogP contribution in [0.25, 0.3) is 0 Å². The largest absolute Gasteiger partial charge is 0.494 e. The molecule has 2 heteroatoms. The van der Waals surface area contributed by atoms with E-state index in [4.69, 9.17) is 4.74 Å². The molecule has 112 valence electrons. The van der Waals surface area contributed by atoms with Crippen LogP contribution in [0.4, 0.5) is 0 Å². The maximum atomic E-state index is 5.87. The lowest BCUT2D eigenvalue weighted by molar-refractivity contribution is 0.268. The van der Waals surface area contributed by atoms with Gasteiger partial charge in [-0.05, 0) is 55.3 Å². The molecule has 1 heterocycles. The first-order valence-electron chi connectivity index (χ1n) is 8.08. The van der Waals surface area contributed by atoms with E-state index in [0.717, 1.165) is 25.2 Å². The summed E-state index contributed by atoms with van der Waals surface area (Å²) in [7, 11) is 0. The van der Waals surface area contributed by atoms with E-state index in [1.165, 1.54) is 31.4 Å². The summed E-state index contributed by atoms with van der Waals surface area (Å²) < 4.78 is 5.87. The van der Waals surface area contributed by atoms with Crippen molar-refractivity contribution in [3.8, 4) is 5.75 Å². The molecule has 0 unspecified atom stereocenters. The van der Waals surface area contributed by atoms with Gasteiger partial charge in [-0.3, -0.25) is 0 Å². The fourth-order valence-corrected chi connectivity index (χ4v) is 2.70. The minimum absolute atomic E-state index is 0.255. The molecule has 1 fully saturated rings. The zero-order valence-electron chi connectivity index (χ0n) is 13.2. The van der Waals surface area contributed by atoms with E-state index in [-0.39, 0.29) is 5.41 Å². The van der Waals surface area contributed by atoms with E-state index in [0.29, 0.717) is 6.04 Å². The quantitative estimate of drug-likeness (QED) is 0.836. The van der Waals surface area contributed by atoms with E-state index in [1.54, 1.807) is 0 Å². The molecule has 0 bridgehead atoms. The molecule has 1 N–H and O–H groups in total. The Balaban J connectivity index is 1.79. The average Bonchev–Trinajstić information content (AvgIpc) is 2.49. The van der Waals surface area contributed by atoms with E-state index in [1.807, 2.05) is 0 Å². The highest BCUT2D eigenvalue weighted by atomic mass is 16.5. The maximum Gasteiger partial charge on any atom is 0.119 e. The molecule has 0 aliphatic carbocycles. The van der Waals surface area contributed by atoms with Crippen molar-refractivity contribution in [2.45, 2.75) is 64.3 Å². The van der Waals surface area contributed by atoms with Crippen molar-refractivity contribution in [3.63, 3.8) is 0 Å². The lowest BCUT2D eigenvalue weighted by Gasteiger charge is -2.24. The lowest BCUT2D eigenvalue weighted by atomic mass is 9.82. The van der Waals surface area contributed by atoms with Gasteiger partial charge in [0.1, 0.15) is 5.75 Å². The molecule has 2 nitrogen and oxygen atoms in total. The average molecular weight is 275 g/mol. The summed E-state index contributed by atoms with van der Waals surface area (Å²) in [5.41, 5.74) is 1.64. The van der Waals surface area contributed by atoms with Crippen molar-refractivity contribution in [2.24, 2.45) is 0 Å². The van der Waals surface area contributed by atoms with Gasteiger partial charge in [-0.25, -0.2) is 0 Å². The Morgan fingerprint density at radius 2 is 1.95 bits per heavy atom. The Bertz CT molecular complexity index is 390. The molecule has 20 heavy (non-hydrogen) atoms. The first-order chi connectivity index (χ1) is 9.62. The van der Waals surface area contributed by atoms with Crippen molar-refractivity contribution in [1.82, 2.24) is 5.32 Å². The van der Waals surface area contributed by atoms with E-state index in [2.05, 4.69) is 50.4 Å². The Hall–Kier alpha value is -1.02. The summed E-state index contributed by atoms with van der Waals surface area (Å²) in [5.74, 6) is 0.997. The van der Waals surface area contributed by atoms with Crippen molar-refractivity contribution in [2.75, 3.05) is 13.2 Å². The van der Waals surface area contributed by atoms with E-state index in [9.17, 15) is 0 Å². The van der Waals surface area contributed by atoms with Gasteiger partial charge in [0, 0.05) is 6.04 Å². The molecular weight excluding hydrogens is 246 g/mol. The highest BCUT2D eigenvalue weighted by Crippen LogP contribution is 2.28. The van der Waals surface area contributed by atoms with Gasteiger partial charge in [-0.1, -0.05) is 39.3 Å². The highest BCUT2D eigenvalue weighted by Gasteiger charge is 2.17. The minimum Gasteiger partial charge on any atom is -0.494 e. The van der Waals surface area contributed by atoms with Gasteiger partial charge in [0.25, 0.3) is 0 Å². The number of hydrogen-bond donors (Lipinski definition) is 1. The number of benzene rings is 1. The van der Waals surface area contributed by atoms with E-state index < -0.39 is 0 Å². The molecule has 2 rings (SSSR count). The molecular formula is C18H29NO. The highest BCUT2D eigenvalue weighted by molar-refractivity contribution is 5.31. The Kier molecular flexibility index (Phi) is 5.47. The Morgan fingerprint density at radius 1 is 1.20 bits per heavy atom. The number of ether oxygens (including phenoxy) is 1. The van der Waals surface area contributed by atoms with Gasteiger partial charge in [0.2, 0.25) is 0 Å². The van der Waals surface area contributed by atoms with Crippen LogP contribution in [0, 0.1) is 0 Å². The maximum absolute atomic E-state index is 5.87. The van der Waals surface area contributed by atoms with Crippen LogP contribution in [-0.2, 0) is 5.41 Å². The van der Waals surface area contributed by atoms with Gasteiger partial charge < -0.3 is 10.1 Å². The smallest absolute Gasteiger partial charge is 0.119 e. The van der Waals surface area contributed by atoms with Crippen LogP contribution in [0.15, 0.2) is 24.3 Å². The van der Waals surface area contributed by atoms with Crippen molar-refractivity contribution < 1.29 is 4.74 Å². The van der Waals surface area contributed by atoms with Gasteiger partial charge in [0.05, 0.1) is 6.61 Å². The van der Waals surface area contributed by atoms with Crippen LogP contribution in [0.3, 0.4) is 0 Å². The summed E-state index contributed by atoms with van der Waals surface area (Å²) in [4.78, 5) is 0. The third kappa shape index (κ3) is 4.24. The first kappa shape index (κ1) is 15.4. The van der Waals surface area contributed by atoms with Gasteiger partial charge >= 0.3 is 0 Å². The summed E-state index contributed by atoms with van der Waals surface area (Å²) in [5, 5.41) is 3.56. The van der Waals surface area contributed by atoms with Crippen LogP contribution in [-0.4, -0.2) is 19.2 Å². The topological polar surface area (TPSA) is 21.3 Å². The predicted molar refractivity (Wildman–Crippen MR) is 85.5 cm³/mol. The summed E-state index contributed by atoms with van der Waals surface area (Å²) >= 11 is 0. The molecule has 0 radical (unpaired) electrons. The predicted octanol–water partition coefficient (Wildman–Crippen LogP) is 4.29. The molecule has 1 aliphatic heterocycles. The second kappa shape index (κ2) is 7.12. The van der Waals surface area contributed by atoms with Crippen LogP contribution in [0.1, 0.15) is 58.4 Å². The molecule has 1 aromatic carbocycles. The molecule has 1 aromatic rings. The number of nitrogens with one attached hydrogen (secondary N) is 1. The summed E-state index contributed by atoms with van der Waals surface area (Å²) in [6.45, 7) is 8.80. The standard InChI is InChI=1S/C18H29NO/c1-4-18(2,3)15-8-10-17(11-9-15)20-14-12-16-7-5-6-13-19-16/h8-11,16,19H,4-7,12-14H2,1-3H3/t16-/m1/s1. The van der Waals surface area contributed by atoms with Gasteiger partial charge in [-0.15, -0.1) is 0 Å².